The topological polar surface area (TPSA) is 63.9 Å². The maximum absolute atomic E-state index is 9.16. The molecule has 1 rings (SSSR count). The van der Waals surface area contributed by atoms with Crippen molar-refractivity contribution in [3.63, 3.8) is 0 Å². The zero-order valence-corrected chi connectivity index (χ0v) is 8.82. The van der Waals surface area contributed by atoms with Gasteiger partial charge in [-0.05, 0) is 12.8 Å². The van der Waals surface area contributed by atoms with Gasteiger partial charge < -0.3 is 15.3 Å². The van der Waals surface area contributed by atoms with Gasteiger partial charge in [0.2, 0.25) is 0 Å². The van der Waals surface area contributed by atoms with Crippen molar-refractivity contribution in [2.45, 2.75) is 25.8 Å². The Bertz CT molecular complexity index is 167. The zero-order chi connectivity index (χ0) is 10.6. The lowest BCUT2D eigenvalue weighted by Gasteiger charge is -2.32. The molecule has 0 heterocycles. The van der Waals surface area contributed by atoms with Crippen LogP contribution in [0.2, 0.25) is 0 Å². The molecule has 0 spiro atoms. The van der Waals surface area contributed by atoms with E-state index in [0.717, 1.165) is 0 Å². The Balaban J connectivity index is 2.43. The molecule has 1 aliphatic rings. The van der Waals surface area contributed by atoms with Gasteiger partial charge in [0.15, 0.2) is 0 Å². The van der Waals surface area contributed by atoms with Gasteiger partial charge in [-0.2, -0.15) is 0 Å². The Morgan fingerprint density at radius 2 is 1.79 bits per heavy atom. The molecule has 0 atom stereocenters. The van der Waals surface area contributed by atoms with Crippen LogP contribution in [0.1, 0.15) is 19.8 Å². The average Bonchev–Trinajstić information content (AvgIpc) is 3.00. The standard InChI is InChI=1S/C10H21NO3/c1-10(7-13,8-14)6-11(4-5-12)9-2-3-9/h9,12-14H,2-8H2,1H3. The quantitative estimate of drug-likeness (QED) is 0.519. The van der Waals surface area contributed by atoms with Crippen LogP contribution in [0, 0.1) is 5.41 Å². The highest BCUT2D eigenvalue weighted by molar-refractivity contribution is 4.88. The van der Waals surface area contributed by atoms with Crippen molar-refractivity contribution in [3.8, 4) is 0 Å². The fourth-order valence-corrected chi connectivity index (χ4v) is 1.60. The Hall–Kier alpha value is -0.160. The predicted molar refractivity (Wildman–Crippen MR) is 54.0 cm³/mol. The van der Waals surface area contributed by atoms with E-state index < -0.39 is 5.41 Å². The first-order chi connectivity index (χ1) is 6.65. The van der Waals surface area contributed by atoms with Crippen LogP contribution in [0.5, 0.6) is 0 Å². The highest BCUT2D eigenvalue weighted by Gasteiger charge is 2.34. The predicted octanol–water partition coefficient (Wildman–Crippen LogP) is -0.566. The van der Waals surface area contributed by atoms with E-state index in [0.29, 0.717) is 19.1 Å². The third-order valence-electron chi connectivity index (χ3n) is 2.80. The molecule has 4 heteroatoms. The summed E-state index contributed by atoms with van der Waals surface area (Å²) in [5.41, 5.74) is -0.447. The molecule has 0 aromatic carbocycles. The van der Waals surface area contributed by atoms with Crippen LogP contribution in [0.15, 0.2) is 0 Å². The molecule has 0 aliphatic heterocycles. The van der Waals surface area contributed by atoms with Crippen LogP contribution < -0.4 is 0 Å². The summed E-state index contributed by atoms with van der Waals surface area (Å²) in [6, 6.07) is 0.555. The monoisotopic (exact) mass is 203 g/mol. The summed E-state index contributed by atoms with van der Waals surface area (Å²) in [5.74, 6) is 0. The largest absolute Gasteiger partial charge is 0.396 e. The number of aliphatic hydroxyl groups is 3. The molecule has 0 radical (unpaired) electrons. The lowest BCUT2D eigenvalue weighted by Crippen LogP contribution is -2.43. The molecule has 0 unspecified atom stereocenters. The zero-order valence-electron chi connectivity index (χ0n) is 8.82. The Morgan fingerprint density at radius 3 is 2.14 bits per heavy atom. The van der Waals surface area contributed by atoms with Gasteiger partial charge in [0, 0.05) is 24.5 Å². The third kappa shape index (κ3) is 3.20. The van der Waals surface area contributed by atoms with Crippen molar-refractivity contribution in [1.82, 2.24) is 4.90 Å². The minimum Gasteiger partial charge on any atom is -0.396 e. The van der Waals surface area contributed by atoms with Gasteiger partial charge in [0.1, 0.15) is 0 Å². The summed E-state index contributed by atoms with van der Waals surface area (Å²) >= 11 is 0. The maximum atomic E-state index is 9.16. The molecular formula is C10H21NO3. The van der Waals surface area contributed by atoms with Crippen molar-refractivity contribution in [1.29, 1.82) is 0 Å². The first-order valence-electron chi connectivity index (χ1n) is 5.22. The SMILES string of the molecule is CC(CO)(CO)CN(CCO)C1CC1. The summed E-state index contributed by atoms with van der Waals surface area (Å²) in [5, 5.41) is 27.2. The fraction of sp³-hybridized carbons (Fsp3) is 1.00. The third-order valence-corrected chi connectivity index (χ3v) is 2.80. The second-order valence-corrected chi connectivity index (χ2v) is 4.55. The van der Waals surface area contributed by atoms with Crippen LogP contribution in [0.4, 0.5) is 0 Å². The molecule has 0 aromatic rings. The van der Waals surface area contributed by atoms with E-state index in [9.17, 15) is 0 Å². The molecule has 0 saturated heterocycles. The molecule has 3 N–H and O–H groups in total. The van der Waals surface area contributed by atoms with Crippen LogP contribution in [-0.2, 0) is 0 Å². The van der Waals surface area contributed by atoms with E-state index in [-0.39, 0.29) is 19.8 Å². The van der Waals surface area contributed by atoms with E-state index in [4.69, 9.17) is 15.3 Å². The van der Waals surface area contributed by atoms with Gasteiger partial charge in [-0.3, -0.25) is 4.90 Å². The highest BCUT2D eigenvalue weighted by Crippen LogP contribution is 2.29. The summed E-state index contributed by atoms with van der Waals surface area (Å²) in [7, 11) is 0. The lowest BCUT2D eigenvalue weighted by atomic mass is 9.92. The minimum absolute atomic E-state index is 0.0157. The van der Waals surface area contributed by atoms with E-state index >= 15 is 0 Å². The Kier molecular flexibility index (Phi) is 4.31. The fourth-order valence-electron chi connectivity index (χ4n) is 1.60. The molecule has 0 bridgehead atoms. The van der Waals surface area contributed by atoms with Gasteiger partial charge >= 0.3 is 0 Å². The van der Waals surface area contributed by atoms with Gasteiger partial charge in [0.05, 0.1) is 19.8 Å². The Morgan fingerprint density at radius 1 is 1.21 bits per heavy atom. The van der Waals surface area contributed by atoms with Crippen LogP contribution in [0.3, 0.4) is 0 Å². The summed E-state index contributed by atoms with van der Waals surface area (Å²) < 4.78 is 0. The van der Waals surface area contributed by atoms with Crippen molar-refractivity contribution in [2.75, 3.05) is 32.9 Å². The molecule has 1 aliphatic carbocycles. The van der Waals surface area contributed by atoms with E-state index in [1.165, 1.54) is 12.8 Å². The number of nitrogens with zero attached hydrogens (tertiary/aromatic N) is 1. The van der Waals surface area contributed by atoms with Gasteiger partial charge in [-0.25, -0.2) is 0 Å². The van der Waals surface area contributed by atoms with E-state index in [1.54, 1.807) is 0 Å². The second-order valence-electron chi connectivity index (χ2n) is 4.55. The van der Waals surface area contributed by atoms with Gasteiger partial charge in [-0.1, -0.05) is 6.92 Å². The lowest BCUT2D eigenvalue weighted by molar-refractivity contribution is 0.0278. The molecule has 1 fully saturated rings. The number of aliphatic hydroxyl groups excluding tert-OH is 3. The van der Waals surface area contributed by atoms with Crippen LogP contribution >= 0.6 is 0 Å². The summed E-state index contributed by atoms with van der Waals surface area (Å²) in [6.45, 7) is 3.27. The van der Waals surface area contributed by atoms with Crippen molar-refractivity contribution in [2.24, 2.45) is 5.41 Å². The van der Waals surface area contributed by atoms with Gasteiger partial charge in [-0.15, -0.1) is 0 Å². The normalized spacial score (nSPS) is 17.8. The maximum Gasteiger partial charge on any atom is 0.0558 e. The van der Waals surface area contributed by atoms with Gasteiger partial charge in [0.25, 0.3) is 0 Å². The number of hydrogen-bond acceptors (Lipinski definition) is 4. The number of rotatable bonds is 7. The molecule has 14 heavy (non-hydrogen) atoms. The second kappa shape index (κ2) is 5.07. The summed E-state index contributed by atoms with van der Waals surface area (Å²) in [6.07, 6.45) is 2.35. The van der Waals surface area contributed by atoms with Crippen LogP contribution in [-0.4, -0.2) is 59.2 Å². The first-order valence-corrected chi connectivity index (χ1v) is 5.22. The van der Waals surface area contributed by atoms with Crippen molar-refractivity contribution >= 4 is 0 Å². The first kappa shape index (κ1) is 11.9. The molecule has 1 saturated carbocycles. The van der Waals surface area contributed by atoms with Crippen LogP contribution in [0.25, 0.3) is 0 Å². The average molecular weight is 203 g/mol. The van der Waals surface area contributed by atoms with E-state index in [2.05, 4.69) is 4.90 Å². The summed E-state index contributed by atoms with van der Waals surface area (Å²) in [4.78, 5) is 2.16. The van der Waals surface area contributed by atoms with Crippen molar-refractivity contribution in [3.05, 3.63) is 0 Å². The molecule has 0 amide bonds. The smallest absolute Gasteiger partial charge is 0.0558 e. The minimum atomic E-state index is -0.447. The molecular weight excluding hydrogens is 182 g/mol. The van der Waals surface area contributed by atoms with Crippen molar-refractivity contribution < 1.29 is 15.3 Å². The Labute approximate surface area is 85.2 Å². The molecule has 84 valence electrons. The highest BCUT2D eigenvalue weighted by atomic mass is 16.3. The molecule has 4 nitrogen and oxygen atoms in total. The van der Waals surface area contributed by atoms with E-state index in [1.807, 2.05) is 6.92 Å². The number of hydrogen-bond donors (Lipinski definition) is 3. The molecule has 0 aromatic heterocycles.